The number of nitrogens with zero attached hydrogens (tertiary/aromatic N) is 4. The molecule has 2 aromatic heterocycles. The lowest BCUT2D eigenvalue weighted by Gasteiger charge is -2.06. The average molecular weight is 268 g/mol. The lowest BCUT2D eigenvalue weighted by Crippen LogP contribution is -2.25. The van der Waals surface area contributed by atoms with Crippen LogP contribution < -0.4 is 10.5 Å². The molecule has 9 heteroatoms. The maximum atomic E-state index is 11.9. The number of rotatable bonds is 4. The molecule has 0 amide bonds. The first-order chi connectivity index (χ1) is 8.49. The van der Waals surface area contributed by atoms with Crippen LogP contribution >= 0.6 is 0 Å². The molecule has 96 valence electrons. The highest BCUT2D eigenvalue weighted by Gasteiger charge is 2.17. The summed E-state index contributed by atoms with van der Waals surface area (Å²) in [5.74, 6) is 0.378. The fourth-order valence-electron chi connectivity index (χ4n) is 1.32. The zero-order valence-electron chi connectivity index (χ0n) is 9.61. The molecule has 18 heavy (non-hydrogen) atoms. The summed E-state index contributed by atoms with van der Waals surface area (Å²) in [6, 6.07) is 1.42. The second-order valence-corrected chi connectivity index (χ2v) is 5.31. The van der Waals surface area contributed by atoms with Crippen molar-refractivity contribution in [1.82, 2.24) is 24.5 Å². The lowest BCUT2D eigenvalue weighted by molar-refractivity contribution is 0.578. The van der Waals surface area contributed by atoms with Gasteiger partial charge in [-0.2, -0.15) is 5.10 Å². The van der Waals surface area contributed by atoms with E-state index in [0.717, 1.165) is 0 Å². The third-order valence-electron chi connectivity index (χ3n) is 2.17. The zero-order chi connectivity index (χ0) is 13.2. The molecule has 0 unspecified atom stereocenters. The van der Waals surface area contributed by atoms with E-state index in [9.17, 15) is 8.42 Å². The van der Waals surface area contributed by atoms with E-state index in [1.54, 1.807) is 7.05 Å². The third kappa shape index (κ3) is 2.63. The molecule has 8 nitrogen and oxygen atoms in total. The fraction of sp³-hybridized carbons (Fsp3) is 0.222. The normalized spacial score (nSPS) is 11.6. The Hall–Kier alpha value is -2.00. The lowest BCUT2D eigenvalue weighted by atomic mass is 10.4. The number of sulfonamides is 1. The van der Waals surface area contributed by atoms with Gasteiger partial charge in [-0.3, -0.25) is 9.67 Å². The van der Waals surface area contributed by atoms with E-state index in [-0.39, 0.29) is 17.1 Å². The van der Waals surface area contributed by atoms with E-state index in [1.165, 1.54) is 29.5 Å². The van der Waals surface area contributed by atoms with E-state index in [2.05, 4.69) is 19.8 Å². The Balaban J connectivity index is 2.16. The maximum Gasteiger partial charge on any atom is 0.244 e. The van der Waals surface area contributed by atoms with Gasteiger partial charge in [0.15, 0.2) is 5.82 Å². The largest absolute Gasteiger partial charge is 0.398 e. The van der Waals surface area contributed by atoms with Crippen molar-refractivity contribution in [2.24, 2.45) is 7.05 Å². The van der Waals surface area contributed by atoms with E-state index < -0.39 is 10.0 Å². The van der Waals surface area contributed by atoms with Crippen LogP contribution in [0.5, 0.6) is 0 Å². The van der Waals surface area contributed by atoms with E-state index >= 15 is 0 Å². The Labute approximate surface area is 104 Å². The van der Waals surface area contributed by atoms with Gasteiger partial charge in [-0.25, -0.2) is 18.1 Å². The van der Waals surface area contributed by atoms with Gasteiger partial charge < -0.3 is 5.73 Å². The quantitative estimate of drug-likeness (QED) is 0.755. The number of hydrogen-bond donors (Lipinski definition) is 2. The summed E-state index contributed by atoms with van der Waals surface area (Å²) in [6.45, 7) is -0.00247. The maximum absolute atomic E-state index is 11.9. The van der Waals surface area contributed by atoms with Crippen LogP contribution in [-0.4, -0.2) is 28.2 Å². The number of nitrogen functional groups attached to an aromatic ring is 1. The highest BCUT2D eigenvalue weighted by molar-refractivity contribution is 7.89. The van der Waals surface area contributed by atoms with Crippen molar-refractivity contribution >= 4 is 15.7 Å². The number of nitrogens with one attached hydrogen (secondary N) is 1. The van der Waals surface area contributed by atoms with Gasteiger partial charge in [0, 0.05) is 19.4 Å². The fourth-order valence-corrected chi connectivity index (χ4v) is 2.37. The molecule has 0 aromatic carbocycles. The topological polar surface area (TPSA) is 116 Å². The first-order valence-corrected chi connectivity index (χ1v) is 6.51. The van der Waals surface area contributed by atoms with Gasteiger partial charge in [-0.15, -0.1) is 0 Å². The third-order valence-corrected chi connectivity index (χ3v) is 3.62. The molecule has 0 saturated carbocycles. The van der Waals surface area contributed by atoms with Crippen molar-refractivity contribution in [3.63, 3.8) is 0 Å². The minimum Gasteiger partial charge on any atom is -0.398 e. The van der Waals surface area contributed by atoms with Gasteiger partial charge in [0.1, 0.15) is 11.2 Å². The highest BCUT2D eigenvalue weighted by Crippen LogP contribution is 2.15. The van der Waals surface area contributed by atoms with Gasteiger partial charge in [-0.1, -0.05) is 0 Å². The van der Waals surface area contributed by atoms with Crippen molar-refractivity contribution < 1.29 is 8.42 Å². The molecule has 0 aliphatic rings. The van der Waals surface area contributed by atoms with Crippen LogP contribution in [0.4, 0.5) is 5.69 Å². The summed E-state index contributed by atoms with van der Waals surface area (Å²) in [5, 5.41) is 3.96. The minimum absolute atomic E-state index is 0.00247. The van der Waals surface area contributed by atoms with Crippen molar-refractivity contribution in [3.05, 3.63) is 30.6 Å². The number of nitrogens with two attached hydrogens (primary N) is 1. The van der Waals surface area contributed by atoms with Gasteiger partial charge >= 0.3 is 0 Å². The van der Waals surface area contributed by atoms with E-state index in [0.29, 0.717) is 5.82 Å². The number of pyridine rings is 1. The summed E-state index contributed by atoms with van der Waals surface area (Å²) < 4.78 is 27.7. The monoisotopic (exact) mass is 268 g/mol. The number of anilines is 1. The van der Waals surface area contributed by atoms with Crippen molar-refractivity contribution in [2.75, 3.05) is 5.73 Å². The van der Waals surface area contributed by atoms with Crippen LogP contribution in [0, 0.1) is 0 Å². The van der Waals surface area contributed by atoms with Crippen LogP contribution in [-0.2, 0) is 23.6 Å². The summed E-state index contributed by atoms with van der Waals surface area (Å²) in [4.78, 5) is 7.59. The van der Waals surface area contributed by atoms with Gasteiger partial charge in [0.05, 0.1) is 12.2 Å². The summed E-state index contributed by atoms with van der Waals surface area (Å²) in [6.07, 6.45) is 4.11. The molecule has 0 aliphatic carbocycles. The predicted molar refractivity (Wildman–Crippen MR) is 63.7 cm³/mol. The predicted octanol–water partition coefficient (Wildman–Crippen LogP) is -0.729. The SMILES string of the molecule is Cn1cnc(CNS(=O)(=O)c2cnccc2N)n1. The Morgan fingerprint density at radius 3 is 2.89 bits per heavy atom. The van der Waals surface area contributed by atoms with Gasteiger partial charge in [0.2, 0.25) is 10.0 Å². The minimum atomic E-state index is -3.71. The summed E-state index contributed by atoms with van der Waals surface area (Å²) in [7, 11) is -2.01. The molecule has 0 radical (unpaired) electrons. The molecular formula is C9H12N6O2S. The second kappa shape index (κ2) is 4.70. The van der Waals surface area contributed by atoms with E-state index in [1.807, 2.05) is 0 Å². The molecule has 0 atom stereocenters. The van der Waals surface area contributed by atoms with Crippen molar-refractivity contribution in [3.8, 4) is 0 Å². The Morgan fingerprint density at radius 2 is 2.28 bits per heavy atom. The van der Waals surface area contributed by atoms with Crippen LogP contribution in [0.2, 0.25) is 0 Å². The first-order valence-electron chi connectivity index (χ1n) is 5.03. The second-order valence-electron chi connectivity index (χ2n) is 3.57. The molecule has 0 aliphatic heterocycles. The van der Waals surface area contributed by atoms with Crippen molar-refractivity contribution in [1.29, 1.82) is 0 Å². The smallest absolute Gasteiger partial charge is 0.244 e. The number of aromatic nitrogens is 4. The van der Waals surface area contributed by atoms with Crippen molar-refractivity contribution in [2.45, 2.75) is 11.4 Å². The first kappa shape index (κ1) is 12.5. The molecule has 0 bridgehead atoms. The molecule has 2 rings (SSSR count). The standard InChI is InChI=1S/C9H12N6O2S/c1-15-6-12-9(14-15)5-13-18(16,17)8-4-11-3-2-7(8)10/h2-4,6,13H,5H2,1H3,(H2,10,11). The van der Waals surface area contributed by atoms with Crippen LogP contribution in [0.15, 0.2) is 29.7 Å². The number of aryl methyl sites for hydroxylation is 1. The highest BCUT2D eigenvalue weighted by atomic mass is 32.2. The van der Waals surface area contributed by atoms with Gasteiger partial charge in [0.25, 0.3) is 0 Å². The number of hydrogen-bond acceptors (Lipinski definition) is 6. The molecule has 0 saturated heterocycles. The zero-order valence-corrected chi connectivity index (χ0v) is 10.4. The van der Waals surface area contributed by atoms with Crippen LogP contribution in [0.1, 0.15) is 5.82 Å². The van der Waals surface area contributed by atoms with Crippen LogP contribution in [0.3, 0.4) is 0 Å². The van der Waals surface area contributed by atoms with Crippen LogP contribution in [0.25, 0.3) is 0 Å². The molecule has 3 N–H and O–H groups in total. The molecule has 0 spiro atoms. The molecule has 2 heterocycles. The Kier molecular flexibility index (Phi) is 3.26. The molecule has 0 fully saturated rings. The molecular weight excluding hydrogens is 256 g/mol. The van der Waals surface area contributed by atoms with Gasteiger partial charge in [-0.05, 0) is 6.07 Å². The molecule has 2 aromatic rings. The van der Waals surface area contributed by atoms with E-state index in [4.69, 9.17) is 5.73 Å². The Morgan fingerprint density at radius 1 is 1.50 bits per heavy atom. The summed E-state index contributed by atoms with van der Waals surface area (Å²) in [5.41, 5.74) is 5.73. The summed E-state index contributed by atoms with van der Waals surface area (Å²) >= 11 is 0. The Bertz CT molecular complexity index is 651. The average Bonchev–Trinajstić information content (AvgIpc) is 2.73.